The predicted octanol–water partition coefficient (Wildman–Crippen LogP) is 4.11. The van der Waals surface area contributed by atoms with Crippen LogP contribution in [0.4, 0.5) is 0 Å². The van der Waals surface area contributed by atoms with Gasteiger partial charge in [-0.2, -0.15) is 0 Å². The Kier molecular flexibility index (Phi) is 6.21. The molecule has 5 nitrogen and oxygen atoms in total. The van der Waals surface area contributed by atoms with E-state index < -0.39 is 12.3 Å². The van der Waals surface area contributed by atoms with Crippen LogP contribution < -0.4 is 0 Å². The Hall–Kier alpha value is -1.36. The van der Waals surface area contributed by atoms with Crippen LogP contribution in [-0.4, -0.2) is 31.9 Å². The molecule has 0 amide bonds. The molecule has 2 fully saturated rings. The number of rotatable bonds is 7. The molecule has 0 aromatic rings. The van der Waals surface area contributed by atoms with Gasteiger partial charge in [-0.1, -0.05) is 34.3 Å². The minimum Gasteiger partial charge on any atom is -0.465 e. The molecule has 148 valence electrons. The molecule has 26 heavy (non-hydrogen) atoms. The number of hydrogen-bond acceptors (Lipinski definition) is 5. The summed E-state index contributed by atoms with van der Waals surface area (Å²) in [6.07, 6.45) is 2.72. The highest BCUT2D eigenvalue weighted by Crippen LogP contribution is 2.59. The normalized spacial score (nSPS) is 35.0. The summed E-state index contributed by atoms with van der Waals surface area (Å²) in [6.45, 7) is 14.7. The number of methoxy groups -OCH3 is 1. The smallest absolute Gasteiger partial charge is 0.335 e. The molecule has 0 N–H and O–H groups in total. The fraction of sp³-hybridized carbons (Fsp3) is 0.810. The Morgan fingerprint density at radius 3 is 2.54 bits per heavy atom. The third-order valence-corrected chi connectivity index (χ3v) is 7.01. The van der Waals surface area contributed by atoms with Gasteiger partial charge in [0.2, 0.25) is 6.29 Å². The zero-order valence-electron chi connectivity index (χ0n) is 17.1. The van der Waals surface area contributed by atoms with E-state index in [2.05, 4.69) is 34.3 Å². The summed E-state index contributed by atoms with van der Waals surface area (Å²) in [5.41, 5.74) is 0.297. The largest absolute Gasteiger partial charge is 0.465 e. The average Bonchev–Trinajstić information content (AvgIpc) is 2.98. The SMILES string of the molecule is C=C(C)C(=O)OC(CCC1(C)CCC(C)(C(C)C)C2COC(=O)C21)OC. The number of carbonyl (C=O) groups is 2. The van der Waals surface area contributed by atoms with Gasteiger partial charge in [-0.05, 0) is 42.9 Å². The second-order valence-corrected chi connectivity index (χ2v) is 8.92. The second-order valence-electron chi connectivity index (χ2n) is 8.92. The Morgan fingerprint density at radius 2 is 2.00 bits per heavy atom. The lowest BCUT2D eigenvalue weighted by molar-refractivity contribution is -0.173. The molecule has 0 aromatic carbocycles. The van der Waals surface area contributed by atoms with E-state index in [0.29, 0.717) is 24.5 Å². The Bertz CT molecular complexity index is 569. The number of esters is 2. The minimum atomic E-state index is -0.620. The van der Waals surface area contributed by atoms with Crippen molar-refractivity contribution in [1.29, 1.82) is 0 Å². The van der Waals surface area contributed by atoms with Gasteiger partial charge < -0.3 is 14.2 Å². The number of cyclic esters (lactones) is 1. The zero-order valence-corrected chi connectivity index (χ0v) is 17.1. The molecule has 0 bridgehead atoms. The highest BCUT2D eigenvalue weighted by atomic mass is 16.7. The van der Waals surface area contributed by atoms with Crippen molar-refractivity contribution >= 4 is 11.9 Å². The van der Waals surface area contributed by atoms with Gasteiger partial charge in [-0.15, -0.1) is 0 Å². The molecular formula is C21H34O5. The molecule has 5 unspecified atom stereocenters. The maximum Gasteiger partial charge on any atom is 0.335 e. The molecule has 5 heteroatoms. The van der Waals surface area contributed by atoms with Crippen molar-refractivity contribution < 1.29 is 23.8 Å². The first kappa shape index (κ1) is 20.9. The first-order valence-corrected chi connectivity index (χ1v) is 9.61. The third-order valence-electron chi connectivity index (χ3n) is 7.01. The fourth-order valence-corrected chi connectivity index (χ4v) is 4.65. The first-order chi connectivity index (χ1) is 12.0. The third kappa shape index (κ3) is 3.83. The Morgan fingerprint density at radius 1 is 1.35 bits per heavy atom. The molecule has 2 rings (SSSR count). The molecule has 0 spiro atoms. The minimum absolute atomic E-state index is 0.0722. The van der Waals surface area contributed by atoms with Crippen molar-refractivity contribution in [2.45, 2.75) is 66.6 Å². The molecule has 5 atom stereocenters. The van der Waals surface area contributed by atoms with E-state index in [9.17, 15) is 9.59 Å². The summed E-state index contributed by atoms with van der Waals surface area (Å²) >= 11 is 0. The topological polar surface area (TPSA) is 61.8 Å². The summed E-state index contributed by atoms with van der Waals surface area (Å²) in [7, 11) is 1.53. The molecule has 1 aliphatic carbocycles. The van der Waals surface area contributed by atoms with E-state index in [4.69, 9.17) is 14.2 Å². The Balaban J connectivity index is 2.12. The van der Waals surface area contributed by atoms with Gasteiger partial charge in [0.05, 0.1) is 12.5 Å². The van der Waals surface area contributed by atoms with Crippen LogP contribution in [0.25, 0.3) is 0 Å². The van der Waals surface area contributed by atoms with E-state index in [1.807, 2.05) is 0 Å². The lowest BCUT2D eigenvalue weighted by atomic mass is 9.50. The van der Waals surface area contributed by atoms with E-state index in [-0.39, 0.29) is 28.6 Å². The fourth-order valence-electron chi connectivity index (χ4n) is 4.65. The number of ether oxygens (including phenoxy) is 3. The van der Waals surface area contributed by atoms with Crippen LogP contribution in [0.15, 0.2) is 12.2 Å². The summed E-state index contributed by atoms with van der Waals surface area (Å²) in [5, 5.41) is 0. The number of fused-ring (bicyclic) bond motifs is 1. The van der Waals surface area contributed by atoms with Gasteiger partial charge in [-0.25, -0.2) is 4.79 Å². The maximum absolute atomic E-state index is 12.6. The molecule has 1 aliphatic heterocycles. The van der Waals surface area contributed by atoms with Crippen molar-refractivity contribution in [2.75, 3.05) is 13.7 Å². The van der Waals surface area contributed by atoms with Gasteiger partial charge >= 0.3 is 11.9 Å². The van der Waals surface area contributed by atoms with Crippen molar-refractivity contribution in [1.82, 2.24) is 0 Å². The van der Waals surface area contributed by atoms with Gasteiger partial charge in [0.15, 0.2) is 0 Å². The summed E-state index contributed by atoms with van der Waals surface area (Å²) in [4.78, 5) is 24.3. The summed E-state index contributed by atoms with van der Waals surface area (Å²) in [6, 6.07) is 0. The zero-order chi connectivity index (χ0) is 19.7. The van der Waals surface area contributed by atoms with Crippen LogP contribution in [0.3, 0.4) is 0 Å². The van der Waals surface area contributed by atoms with Gasteiger partial charge in [0.1, 0.15) is 0 Å². The predicted molar refractivity (Wildman–Crippen MR) is 99.2 cm³/mol. The van der Waals surface area contributed by atoms with E-state index in [1.54, 1.807) is 6.92 Å². The van der Waals surface area contributed by atoms with Crippen molar-refractivity contribution in [3.63, 3.8) is 0 Å². The maximum atomic E-state index is 12.6. The quantitative estimate of drug-likeness (QED) is 0.385. The van der Waals surface area contributed by atoms with E-state index >= 15 is 0 Å². The van der Waals surface area contributed by atoms with Crippen LogP contribution in [0.5, 0.6) is 0 Å². The lowest BCUT2D eigenvalue weighted by Crippen LogP contribution is -2.49. The van der Waals surface area contributed by atoms with Crippen LogP contribution in [0.1, 0.15) is 60.3 Å². The molecule has 1 heterocycles. The Labute approximate surface area is 157 Å². The van der Waals surface area contributed by atoms with Gasteiger partial charge in [0, 0.05) is 25.0 Å². The van der Waals surface area contributed by atoms with Gasteiger partial charge in [-0.3, -0.25) is 4.79 Å². The van der Waals surface area contributed by atoms with Crippen molar-refractivity contribution in [2.24, 2.45) is 28.6 Å². The molecule has 1 saturated heterocycles. The van der Waals surface area contributed by atoms with Crippen LogP contribution in [-0.2, 0) is 23.8 Å². The van der Waals surface area contributed by atoms with E-state index in [1.165, 1.54) is 7.11 Å². The molecule has 0 radical (unpaired) electrons. The number of hydrogen-bond donors (Lipinski definition) is 0. The highest BCUT2D eigenvalue weighted by molar-refractivity contribution is 5.87. The highest BCUT2D eigenvalue weighted by Gasteiger charge is 2.59. The summed E-state index contributed by atoms with van der Waals surface area (Å²) < 4.78 is 16.2. The average molecular weight is 366 g/mol. The number of carbonyl (C=O) groups excluding carboxylic acids is 2. The molecule has 0 aromatic heterocycles. The first-order valence-electron chi connectivity index (χ1n) is 9.61. The summed E-state index contributed by atoms with van der Waals surface area (Å²) in [5.74, 6) is 0.121. The van der Waals surface area contributed by atoms with E-state index in [0.717, 1.165) is 19.3 Å². The van der Waals surface area contributed by atoms with Gasteiger partial charge in [0.25, 0.3) is 0 Å². The van der Waals surface area contributed by atoms with Crippen LogP contribution >= 0.6 is 0 Å². The molecule has 2 aliphatic rings. The monoisotopic (exact) mass is 366 g/mol. The van der Waals surface area contributed by atoms with Crippen LogP contribution in [0, 0.1) is 28.6 Å². The second kappa shape index (κ2) is 7.71. The van der Waals surface area contributed by atoms with Crippen LogP contribution in [0.2, 0.25) is 0 Å². The standard InChI is InChI=1S/C21H34O5/c1-13(2)18(22)26-16(24-7)8-9-20(5)10-11-21(6,14(3)4)15-12-25-19(23)17(15)20/h14-17H,1,8-12H2,2-7H3. The molecular weight excluding hydrogens is 332 g/mol. The lowest BCUT2D eigenvalue weighted by Gasteiger charge is -2.52. The molecule has 1 saturated carbocycles. The van der Waals surface area contributed by atoms with Crippen molar-refractivity contribution in [3.8, 4) is 0 Å². The van der Waals surface area contributed by atoms with Crippen molar-refractivity contribution in [3.05, 3.63) is 12.2 Å².